The summed E-state index contributed by atoms with van der Waals surface area (Å²) in [6, 6.07) is 8.11. The molecule has 0 bridgehead atoms. The zero-order chi connectivity index (χ0) is 17.9. The van der Waals surface area contributed by atoms with Gasteiger partial charge >= 0.3 is 0 Å². The van der Waals surface area contributed by atoms with Crippen LogP contribution in [0.2, 0.25) is 16.6 Å². The lowest BCUT2D eigenvalue weighted by Crippen LogP contribution is -2.48. The average molecular weight is 348 g/mol. The Bertz CT molecular complexity index is 642. The Kier molecular flexibility index (Phi) is 6.10. The van der Waals surface area contributed by atoms with Crippen molar-refractivity contribution < 1.29 is 4.43 Å². The molecule has 1 aromatic carbocycles. The minimum absolute atomic E-state index is 0.594. The van der Waals surface area contributed by atoms with Crippen LogP contribution in [0, 0.1) is 0 Å². The first kappa shape index (κ1) is 19.0. The number of para-hydroxylation sites is 2. The molecule has 0 atom stereocenters. The third-order valence-electron chi connectivity index (χ3n) is 5.27. The van der Waals surface area contributed by atoms with Crippen LogP contribution >= 0.6 is 0 Å². The molecule has 5 heteroatoms. The highest BCUT2D eigenvalue weighted by atomic mass is 28.4. The van der Waals surface area contributed by atoms with E-state index >= 15 is 0 Å². The number of anilines is 1. The standard InChI is InChI=1S/C19H33N3OSi/c1-14(2)24(15(3)4,16(5)6)23-13-9-12-22-18-11-8-7-10-17(18)21-19(22)20/h7-8,10-11,14-16H,9,12-13H2,1-6H3,(H2,20,21). The minimum Gasteiger partial charge on any atom is -0.416 e. The van der Waals surface area contributed by atoms with Gasteiger partial charge < -0.3 is 14.7 Å². The molecule has 4 nitrogen and oxygen atoms in total. The van der Waals surface area contributed by atoms with E-state index in [0.29, 0.717) is 22.6 Å². The van der Waals surface area contributed by atoms with E-state index in [1.54, 1.807) is 0 Å². The van der Waals surface area contributed by atoms with Gasteiger partial charge in [-0.15, -0.1) is 0 Å². The summed E-state index contributed by atoms with van der Waals surface area (Å²) in [5.74, 6) is 0.594. The molecule has 24 heavy (non-hydrogen) atoms. The molecule has 0 aliphatic carbocycles. The molecular weight excluding hydrogens is 314 g/mol. The van der Waals surface area contributed by atoms with Crippen molar-refractivity contribution in [1.82, 2.24) is 9.55 Å². The minimum atomic E-state index is -1.77. The van der Waals surface area contributed by atoms with Gasteiger partial charge in [0, 0.05) is 13.2 Å². The molecule has 0 aliphatic heterocycles. The Morgan fingerprint density at radius 3 is 2.21 bits per heavy atom. The van der Waals surface area contributed by atoms with Gasteiger partial charge in [0.2, 0.25) is 5.95 Å². The highest BCUT2D eigenvalue weighted by Crippen LogP contribution is 2.42. The van der Waals surface area contributed by atoms with E-state index in [-0.39, 0.29) is 0 Å². The summed E-state index contributed by atoms with van der Waals surface area (Å²) < 4.78 is 8.73. The SMILES string of the molecule is CC(C)[Si](OCCCn1c(N)nc2ccccc21)(C(C)C)C(C)C. The lowest BCUT2D eigenvalue weighted by Gasteiger charge is -2.42. The summed E-state index contributed by atoms with van der Waals surface area (Å²) in [5, 5.41) is 0. The summed E-state index contributed by atoms with van der Waals surface area (Å²) in [7, 11) is -1.77. The number of benzene rings is 1. The maximum atomic E-state index is 6.63. The Balaban J connectivity index is 2.04. The molecule has 0 spiro atoms. The number of imidazole rings is 1. The molecule has 1 aromatic heterocycles. The summed E-state index contributed by atoms with van der Waals surface area (Å²) in [4.78, 5) is 4.43. The van der Waals surface area contributed by atoms with Crippen LogP contribution < -0.4 is 5.73 Å². The topological polar surface area (TPSA) is 53.1 Å². The maximum absolute atomic E-state index is 6.63. The zero-order valence-corrected chi connectivity index (χ0v) is 17.0. The van der Waals surface area contributed by atoms with E-state index in [2.05, 4.69) is 57.2 Å². The highest BCUT2D eigenvalue weighted by molar-refractivity contribution is 6.77. The van der Waals surface area contributed by atoms with Crippen LogP contribution in [0.4, 0.5) is 5.95 Å². The number of hydrogen-bond donors (Lipinski definition) is 1. The van der Waals surface area contributed by atoms with Gasteiger partial charge in [0.05, 0.1) is 11.0 Å². The molecule has 0 aliphatic rings. The van der Waals surface area contributed by atoms with Crippen LogP contribution in [0.5, 0.6) is 0 Å². The van der Waals surface area contributed by atoms with Gasteiger partial charge in [0.1, 0.15) is 0 Å². The molecule has 0 radical (unpaired) electrons. The quantitative estimate of drug-likeness (QED) is 0.527. The monoisotopic (exact) mass is 347 g/mol. The largest absolute Gasteiger partial charge is 0.416 e. The van der Waals surface area contributed by atoms with Crippen molar-refractivity contribution in [2.24, 2.45) is 0 Å². The molecule has 2 rings (SSSR count). The lowest BCUT2D eigenvalue weighted by atomic mass is 10.3. The zero-order valence-electron chi connectivity index (χ0n) is 16.0. The summed E-state index contributed by atoms with van der Waals surface area (Å²) in [6.07, 6.45) is 0.964. The van der Waals surface area contributed by atoms with Crippen molar-refractivity contribution >= 4 is 25.3 Å². The van der Waals surface area contributed by atoms with Gasteiger partial charge in [0.25, 0.3) is 0 Å². The first-order chi connectivity index (χ1) is 11.3. The number of hydrogen-bond acceptors (Lipinski definition) is 3. The van der Waals surface area contributed by atoms with Gasteiger partial charge in [-0.05, 0) is 35.2 Å². The third kappa shape index (κ3) is 3.52. The normalized spacial score (nSPS) is 12.9. The van der Waals surface area contributed by atoms with Crippen molar-refractivity contribution in [3.05, 3.63) is 24.3 Å². The van der Waals surface area contributed by atoms with Gasteiger partial charge in [-0.25, -0.2) is 4.98 Å². The van der Waals surface area contributed by atoms with Crippen molar-refractivity contribution in [2.75, 3.05) is 12.3 Å². The van der Waals surface area contributed by atoms with Crippen molar-refractivity contribution in [1.29, 1.82) is 0 Å². The van der Waals surface area contributed by atoms with E-state index < -0.39 is 8.32 Å². The van der Waals surface area contributed by atoms with Crippen LogP contribution in [-0.2, 0) is 11.0 Å². The fourth-order valence-corrected chi connectivity index (χ4v) is 9.80. The number of aryl methyl sites for hydroxylation is 1. The molecule has 2 N–H and O–H groups in total. The number of nitrogens with zero attached hydrogens (tertiary/aromatic N) is 2. The number of nitrogen functional groups attached to an aromatic ring is 1. The van der Waals surface area contributed by atoms with Crippen LogP contribution in [-0.4, -0.2) is 24.5 Å². The summed E-state index contributed by atoms with van der Waals surface area (Å²) in [5.41, 5.74) is 10.0. The lowest BCUT2D eigenvalue weighted by molar-refractivity contribution is 0.266. The first-order valence-electron chi connectivity index (χ1n) is 9.15. The second-order valence-corrected chi connectivity index (χ2v) is 13.1. The fraction of sp³-hybridized carbons (Fsp3) is 0.632. The molecule has 2 aromatic rings. The number of rotatable bonds is 8. The summed E-state index contributed by atoms with van der Waals surface area (Å²) in [6.45, 7) is 15.6. The Labute approximate surface area is 147 Å². The molecule has 1 heterocycles. The molecule has 134 valence electrons. The molecule has 0 saturated heterocycles. The van der Waals surface area contributed by atoms with E-state index in [1.807, 2.05) is 18.2 Å². The second-order valence-electron chi connectivity index (χ2n) is 7.63. The van der Waals surface area contributed by atoms with Gasteiger partial charge in [-0.2, -0.15) is 0 Å². The van der Waals surface area contributed by atoms with Crippen LogP contribution in [0.1, 0.15) is 48.0 Å². The Hall–Kier alpha value is -1.33. The van der Waals surface area contributed by atoms with E-state index in [4.69, 9.17) is 10.2 Å². The van der Waals surface area contributed by atoms with E-state index in [1.165, 1.54) is 0 Å². The predicted molar refractivity (Wildman–Crippen MR) is 106 cm³/mol. The van der Waals surface area contributed by atoms with Gasteiger partial charge in [-0.1, -0.05) is 53.7 Å². The molecule has 0 amide bonds. The predicted octanol–water partition coefficient (Wildman–Crippen LogP) is 5.20. The maximum Gasteiger partial charge on any atom is 0.201 e. The van der Waals surface area contributed by atoms with E-state index in [0.717, 1.165) is 30.6 Å². The fourth-order valence-electron chi connectivity index (χ4n) is 4.30. The van der Waals surface area contributed by atoms with Crippen LogP contribution in [0.3, 0.4) is 0 Å². The molecule has 0 unspecified atom stereocenters. The Morgan fingerprint density at radius 2 is 1.62 bits per heavy atom. The molecule has 0 fully saturated rings. The number of nitrogens with two attached hydrogens (primary N) is 1. The average Bonchev–Trinajstić information content (AvgIpc) is 2.82. The summed E-state index contributed by atoms with van der Waals surface area (Å²) >= 11 is 0. The number of aromatic nitrogens is 2. The van der Waals surface area contributed by atoms with Crippen LogP contribution in [0.15, 0.2) is 24.3 Å². The molecular formula is C19H33N3OSi. The first-order valence-corrected chi connectivity index (χ1v) is 11.3. The highest BCUT2D eigenvalue weighted by Gasteiger charge is 2.44. The smallest absolute Gasteiger partial charge is 0.201 e. The van der Waals surface area contributed by atoms with Crippen molar-refractivity contribution in [3.63, 3.8) is 0 Å². The van der Waals surface area contributed by atoms with Crippen molar-refractivity contribution in [3.8, 4) is 0 Å². The van der Waals surface area contributed by atoms with Gasteiger partial charge in [-0.3, -0.25) is 0 Å². The van der Waals surface area contributed by atoms with Gasteiger partial charge in [0.15, 0.2) is 8.32 Å². The number of fused-ring (bicyclic) bond motifs is 1. The van der Waals surface area contributed by atoms with Crippen molar-refractivity contribution in [2.45, 2.75) is 71.1 Å². The van der Waals surface area contributed by atoms with Crippen LogP contribution in [0.25, 0.3) is 11.0 Å². The molecule has 0 saturated carbocycles. The second kappa shape index (κ2) is 7.70. The van der Waals surface area contributed by atoms with E-state index in [9.17, 15) is 0 Å². The third-order valence-corrected chi connectivity index (χ3v) is 11.4. The Morgan fingerprint density at radius 1 is 1.04 bits per heavy atom.